The van der Waals surface area contributed by atoms with Crippen molar-refractivity contribution < 1.29 is 23.3 Å². The monoisotopic (exact) mass is 284 g/mol. The molecular weight excluding hydrogens is 263 g/mol. The molecule has 1 aliphatic heterocycles. The first-order valence-electron chi connectivity index (χ1n) is 6.73. The highest BCUT2D eigenvalue weighted by atomic mass is 19.1. The van der Waals surface area contributed by atoms with Gasteiger partial charge in [0.15, 0.2) is 18.4 Å². The van der Waals surface area contributed by atoms with Gasteiger partial charge in [0, 0.05) is 18.7 Å². The van der Waals surface area contributed by atoms with Gasteiger partial charge in [0.1, 0.15) is 11.4 Å². The Balaban J connectivity index is 1.98. The van der Waals surface area contributed by atoms with Gasteiger partial charge in [0.05, 0.1) is 13.2 Å². The first-order valence-corrected chi connectivity index (χ1v) is 6.73. The molecule has 1 heterocycles. The Kier molecular flexibility index (Phi) is 4.83. The normalized spacial score (nSPS) is 16.4. The molecule has 112 valence electrons. The fraction of sp³-hybridized carbons (Fsp3) is 0.600. The Labute approximate surface area is 118 Å². The fourth-order valence-corrected chi connectivity index (χ4v) is 2.08. The topological polar surface area (TPSA) is 36.9 Å². The highest BCUT2D eigenvalue weighted by Gasteiger charge is 2.29. The van der Waals surface area contributed by atoms with Crippen molar-refractivity contribution in [2.24, 2.45) is 0 Å². The quantitative estimate of drug-likeness (QED) is 0.594. The standard InChI is InChI=1S/C15H21FO4/c1-15(2)5-4-11-8-12(9-13(16)14(11)20-15)19-10-18-7-6-17-3/h8-9H,4-7,10H2,1-3H3. The van der Waals surface area contributed by atoms with Crippen LogP contribution in [0.4, 0.5) is 4.39 Å². The van der Waals surface area contributed by atoms with Crippen LogP contribution in [0.15, 0.2) is 12.1 Å². The number of hydrogen-bond acceptors (Lipinski definition) is 4. The molecule has 4 nitrogen and oxygen atoms in total. The van der Waals surface area contributed by atoms with E-state index < -0.39 is 0 Å². The maximum Gasteiger partial charge on any atom is 0.189 e. The van der Waals surface area contributed by atoms with Crippen molar-refractivity contribution in [1.29, 1.82) is 0 Å². The average Bonchev–Trinajstić information content (AvgIpc) is 2.39. The van der Waals surface area contributed by atoms with E-state index in [0.29, 0.717) is 24.7 Å². The van der Waals surface area contributed by atoms with Gasteiger partial charge in [-0.3, -0.25) is 0 Å². The van der Waals surface area contributed by atoms with Crippen LogP contribution in [0.3, 0.4) is 0 Å². The summed E-state index contributed by atoms with van der Waals surface area (Å²) in [5.74, 6) is 0.415. The highest BCUT2D eigenvalue weighted by Crippen LogP contribution is 2.37. The number of rotatable bonds is 6. The second-order valence-corrected chi connectivity index (χ2v) is 5.42. The highest BCUT2D eigenvalue weighted by molar-refractivity contribution is 5.43. The van der Waals surface area contributed by atoms with Crippen LogP contribution in [0, 0.1) is 5.82 Å². The zero-order valence-corrected chi connectivity index (χ0v) is 12.2. The molecule has 2 rings (SSSR count). The van der Waals surface area contributed by atoms with Crippen molar-refractivity contribution in [2.45, 2.75) is 32.3 Å². The third kappa shape index (κ3) is 3.84. The van der Waals surface area contributed by atoms with Crippen molar-refractivity contribution in [3.05, 3.63) is 23.5 Å². The molecule has 5 heteroatoms. The van der Waals surface area contributed by atoms with Gasteiger partial charge < -0.3 is 18.9 Å². The van der Waals surface area contributed by atoms with E-state index in [1.54, 1.807) is 7.11 Å². The first kappa shape index (κ1) is 15.1. The summed E-state index contributed by atoms with van der Waals surface area (Å²) >= 11 is 0. The molecular formula is C15H21FO4. The van der Waals surface area contributed by atoms with Gasteiger partial charge in [-0.05, 0) is 32.8 Å². The van der Waals surface area contributed by atoms with E-state index in [0.717, 1.165) is 18.4 Å². The Morgan fingerprint density at radius 1 is 1.30 bits per heavy atom. The number of benzene rings is 1. The number of methoxy groups -OCH3 is 1. The van der Waals surface area contributed by atoms with Crippen LogP contribution >= 0.6 is 0 Å². The van der Waals surface area contributed by atoms with Gasteiger partial charge in [0.2, 0.25) is 0 Å². The minimum absolute atomic E-state index is 0.0773. The van der Waals surface area contributed by atoms with E-state index in [9.17, 15) is 4.39 Å². The molecule has 0 saturated carbocycles. The van der Waals surface area contributed by atoms with Crippen LogP contribution in [0.2, 0.25) is 0 Å². The van der Waals surface area contributed by atoms with Crippen LogP contribution in [-0.4, -0.2) is 32.7 Å². The lowest BCUT2D eigenvalue weighted by Gasteiger charge is -2.32. The lowest BCUT2D eigenvalue weighted by atomic mass is 9.94. The average molecular weight is 284 g/mol. The third-order valence-corrected chi connectivity index (χ3v) is 3.21. The summed E-state index contributed by atoms with van der Waals surface area (Å²) in [6.45, 7) is 4.95. The summed E-state index contributed by atoms with van der Waals surface area (Å²) in [7, 11) is 1.60. The van der Waals surface area contributed by atoms with E-state index in [2.05, 4.69) is 0 Å². The Morgan fingerprint density at radius 2 is 2.10 bits per heavy atom. The second kappa shape index (κ2) is 6.41. The SMILES string of the molecule is COCCOCOc1cc(F)c2c(c1)CCC(C)(C)O2. The molecule has 1 aromatic rings. The molecule has 0 N–H and O–H groups in total. The van der Waals surface area contributed by atoms with E-state index in [1.807, 2.05) is 19.9 Å². The summed E-state index contributed by atoms with van der Waals surface area (Å²) in [5.41, 5.74) is 0.524. The predicted molar refractivity (Wildman–Crippen MR) is 72.8 cm³/mol. The van der Waals surface area contributed by atoms with Gasteiger partial charge in [-0.1, -0.05) is 0 Å². The summed E-state index contributed by atoms with van der Waals surface area (Å²) in [6, 6.07) is 3.15. The zero-order chi connectivity index (χ0) is 14.6. The largest absolute Gasteiger partial charge is 0.484 e. The lowest BCUT2D eigenvalue weighted by molar-refractivity contribution is -0.00883. The maximum atomic E-state index is 14.0. The molecule has 1 aliphatic rings. The second-order valence-electron chi connectivity index (χ2n) is 5.42. The van der Waals surface area contributed by atoms with Crippen molar-refractivity contribution in [1.82, 2.24) is 0 Å². The van der Waals surface area contributed by atoms with Gasteiger partial charge in [-0.2, -0.15) is 0 Å². The Morgan fingerprint density at radius 3 is 2.85 bits per heavy atom. The minimum atomic E-state index is -0.387. The summed E-state index contributed by atoms with van der Waals surface area (Å²) in [6.07, 6.45) is 1.63. The molecule has 0 unspecified atom stereocenters. The number of ether oxygens (including phenoxy) is 4. The van der Waals surface area contributed by atoms with Gasteiger partial charge in [-0.25, -0.2) is 4.39 Å². The fourth-order valence-electron chi connectivity index (χ4n) is 2.08. The van der Waals surface area contributed by atoms with Gasteiger partial charge in [-0.15, -0.1) is 0 Å². The van der Waals surface area contributed by atoms with E-state index in [1.165, 1.54) is 6.07 Å². The van der Waals surface area contributed by atoms with Crippen LogP contribution in [0.25, 0.3) is 0 Å². The van der Waals surface area contributed by atoms with Crippen LogP contribution in [-0.2, 0) is 15.9 Å². The van der Waals surface area contributed by atoms with Crippen molar-refractivity contribution in [3.63, 3.8) is 0 Å². The van der Waals surface area contributed by atoms with E-state index in [4.69, 9.17) is 18.9 Å². The molecule has 0 amide bonds. The van der Waals surface area contributed by atoms with Crippen LogP contribution in [0.5, 0.6) is 11.5 Å². The molecule has 20 heavy (non-hydrogen) atoms. The smallest absolute Gasteiger partial charge is 0.189 e. The molecule has 0 spiro atoms. The molecule has 0 radical (unpaired) electrons. The van der Waals surface area contributed by atoms with Gasteiger partial charge >= 0.3 is 0 Å². The van der Waals surface area contributed by atoms with Crippen LogP contribution in [0.1, 0.15) is 25.8 Å². The minimum Gasteiger partial charge on any atom is -0.484 e. The van der Waals surface area contributed by atoms with Crippen molar-refractivity contribution in [2.75, 3.05) is 27.1 Å². The number of aryl methyl sites for hydroxylation is 1. The zero-order valence-electron chi connectivity index (χ0n) is 12.2. The molecule has 0 aromatic heterocycles. The van der Waals surface area contributed by atoms with E-state index >= 15 is 0 Å². The van der Waals surface area contributed by atoms with Crippen molar-refractivity contribution >= 4 is 0 Å². The molecule has 0 atom stereocenters. The number of halogens is 1. The molecule has 0 fully saturated rings. The summed E-state index contributed by atoms with van der Waals surface area (Å²) in [5, 5.41) is 0. The third-order valence-electron chi connectivity index (χ3n) is 3.21. The van der Waals surface area contributed by atoms with E-state index in [-0.39, 0.29) is 18.2 Å². The molecule has 0 aliphatic carbocycles. The first-order chi connectivity index (χ1) is 9.52. The maximum absolute atomic E-state index is 14.0. The summed E-state index contributed by atoms with van der Waals surface area (Å²) in [4.78, 5) is 0. The number of hydrogen-bond donors (Lipinski definition) is 0. The Hall–Kier alpha value is -1.33. The molecule has 1 aromatic carbocycles. The van der Waals surface area contributed by atoms with Crippen LogP contribution < -0.4 is 9.47 Å². The molecule has 0 bridgehead atoms. The number of fused-ring (bicyclic) bond motifs is 1. The van der Waals surface area contributed by atoms with Gasteiger partial charge in [0.25, 0.3) is 0 Å². The van der Waals surface area contributed by atoms with Crippen molar-refractivity contribution in [3.8, 4) is 11.5 Å². The predicted octanol–water partition coefficient (Wildman–Crippen LogP) is 2.93. The Bertz CT molecular complexity index is 459. The molecule has 0 saturated heterocycles. The summed E-state index contributed by atoms with van der Waals surface area (Å²) < 4.78 is 35.1. The lowest BCUT2D eigenvalue weighted by Crippen LogP contribution is -2.33.